The first-order valence-electron chi connectivity index (χ1n) is 8.56. The zero-order valence-corrected chi connectivity index (χ0v) is 14.9. The number of Topliss-reactive ketones (excluding diaryl/α,β-unsaturated/α-hetero) is 1. The average molecular weight is 361 g/mol. The SMILES string of the molecule is CC(=O)c1cccc(NC(=O)COC(=O)Cc2cccc3ccccc23)c1. The van der Waals surface area contributed by atoms with Crippen LogP contribution in [-0.4, -0.2) is 24.3 Å². The molecule has 0 atom stereocenters. The highest BCUT2D eigenvalue weighted by Crippen LogP contribution is 2.19. The van der Waals surface area contributed by atoms with E-state index in [0.717, 1.165) is 16.3 Å². The minimum Gasteiger partial charge on any atom is -0.455 e. The van der Waals surface area contributed by atoms with Crippen molar-refractivity contribution in [3.05, 3.63) is 77.9 Å². The summed E-state index contributed by atoms with van der Waals surface area (Å²) in [4.78, 5) is 35.5. The van der Waals surface area contributed by atoms with E-state index in [-0.39, 0.29) is 18.8 Å². The highest BCUT2D eigenvalue weighted by Gasteiger charge is 2.11. The molecule has 0 spiro atoms. The fourth-order valence-electron chi connectivity index (χ4n) is 2.81. The van der Waals surface area contributed by atoms with Crippen molar-refractivity contribution in [2.24, 2.45) is 0 Å². The standard InChI is InChI=1S/C22H19NO4/c1-15(24)17-8-5-10-19(12-17)23-21(25)14-27-22(26)13-18-9-4-7-16-6-2-3-11-20(16)18/h2-12H,13-14H2,1H3,(H,23,25). The number of nitrogens with one attached hydrogen (secondary N) is 1. The predicted octanol–water partition coefficient (Wildman–Crippen LogP) is 3.77. The Hall–Kier alpha value is -3.47. The van der Waals surface area contributed by atoms with Crippen molar-refractivity contribution < 1.29 is 19.1 Å². The molecule has 0 bridgehead atoms. The fraction of sp³-hybridized carbons (Fsp3) is 0.136. The summed E-state index contributed by atoms with van der Waals surface area (Å²) in [6, 6.07) is 20.1. The molecule has 0 aromatic heterocycles. The number of rotatable bonds is 6. The van der Waals surface area contributed by atoms with E-state index < -0.39 is 11.9 Å². The van der Waals surface area contributed by atoms with Crippen molar-refractivity contribution in [2.75, 3.05) is 11.9 Å². The van der Waals surface area contributed by atoms with Gasteiger partial charge in [-0.15, -0.1) is 0 Å². The van der Waals surface area contributed by atoms with Crippen molar-refractivity contribution in [2.45, 2.75) is 13.3 Å². The molecule has 3 rings (SSSR count). The summed E-state index contributed by atoms with van der Waals surface area (Å²) < 4.78 is 5.09. The van der Waals surface area contributed by atoms with Crippen LogP contribution in [-0.2, 0) is 20.7 Å². The normalized spacial score (nSPS) is 10.4. The number of fused-ring (bicyclic) bond motifs is 1. The number of carbonyl (C=O) groups excluding carboxylic acids is 3. The van der Waals surface area contributed by atoms with Crippen LogP contribution in [0, 0.1) is 0 Å². The van der Waals surface area contributed by atoms with Crippen molar-refractivity contribution in [1.82, 2.24) is 0 Å². The van der Waals surface area contributed by atoms with E-state index in [9.17, 15) is 14.4 Å². The van der Waals surface area contributed by atoms with E-state index >= 15 is 0 Å². The van der Waals surface area contributed by atoms with Crippen LogP contribution in [0.5, 0.6) is 0 Å². The molecule has 0 saturated heterocycles. The number of ketones is 1. The lowest BCUT2D eigenvalue weighted by atomic mass is 10.0. The van der Waals surface area contributed by atoms with Gasteiger partial charge in [0.15, 0.2) is 12.4 Å². The topological polar surface area (TPSA) is 72.5 Å². The first kappa shape index (κ1) is 18.3. The molecule has 0 aliphatic rings. The summed E-state index contributed by atoms with van der Waals surface area (Å²) >= 11 is 0. The van der Waals surface area contributed by atoms with Gasteiger partial charge in [-0.1, -0.05) is 54.6 Å². The summed E-state index contributed by atoms with van der Waals surface area (Å²) in [6.45, 7) is 1.07. The van der Waals surface area contributed by atoms with Crippen LogP contribution in [0.15, 0.2) is 66.7 Å². The minimum atomic E-state index is -0.473. The quantitative estimate of drug-likeness (QED) is 0.536. The highest BCUT2D eigenvalue weighted by atomic mass is 16.5. The van der Waals surface area contributed by atoms with Gasteiger partial charge >= 0.3 is 5.97 Å². The van der Waals surface area contributed by atoms with Crippen molar-refractivity contribution in [1.29, 1.82) is 0 Å². The second kappa shape index (κ2) is 8.27. The molecule has 1 amide bonds. The largest absolute Gasteiger partial charge is 0.455 e. The van der Waals surface area contributed by atoms with E-state index in [1.165, 1.54) is 6.92 Å². The Kier molecular flexibility index (Phi) is 5.61. The van der Waals surface area contributed by atoms with E-state index in [1.807, 2.05) is 42.5 Å². The number of hydrogen-bond acceptors (Lipinski definition) is 4. The van der Waals surface area contributed by atoms with Gasteiger partial charge < -0.3 is 10.1 Å². The summed E-state index contributed by atoms with van der Waals surface area (Å²) in [6.07, 6.45) is 0.0917. The summed E-state index contributed by atoms with van der Waals surface area (Å²) in [5.41, 5.74) is 1.84. The van der Waals surface area contributed by atoms with E-state index in [4.69, 9.17) is 4.74 Å². The Morgan fingerprint density at radius 2 is 1.67 bits per heavy atom. The van der Waals surface area contributed by atoms with E-state index in [1.54, 1.807) is 24.3 Å². The highest BCUT2D eigenvalue weighted by molar-refractivity contribution is 5.97. The van der Waals surface area contributed by atoms with Gasteiger partial charge in [0.2, 0.25) is 0 Å². The minimum absolute atomic E-state index is 0.0902. The predicted molar refractivity (Wildman–Crippen MR) is 104 cm³/mol. The van der Waals surface area contributed by atoms with Gasteiger partial charge in [0, 0.05) is 11.3 Å². The fourth-order valence-corrected chi connectivity index (χ4v) is 2.81. The molecule has 0 heterocycles. The van der Waals surface area contributed by atoms with Crippen LogP contribution in [0.25, 0.3) is 10.8 Å². The molecule has 0 unspecified atom stereocenters. The monoisotopic (exact) mass is 361 g/mol. The smallest absolute Gasteiger partial charge is 0.310 e. The van der Waals surface area contributed by atoms with Crippen LogP contribution >= 0.6 is 0 Å². The Balaban J connectivity index is 1.56. The second-order valence-corrected chi connectivity index (χ2v) is 6.16. The van der Waals surface area contributed by atoms with Gasteiger partial charge in [0.1, 0.15) is 0 Å². The molecule has 0 saturated carbocycles. The Labute approximate surface area is 157 Å². The lowest BCUT2D eigenvalue weighted by Crippen LogP contribution is -2.21. The maximum absolute atomic E-state index is 12.1. The van der Waals surface area contributed by atoms with Crippen LogP contribution in [0.4, 0.5) is 5.69 Å². The third-order valence-corrected chi connectivity index (χ3v) is 4.13. The van der Waals surface area contributed by atoms with E-state index in [2.05, 4.69) is 5.32 Å². The van der Waals surface area contributed by atoms with Gasteiger partial charge in [-0.05, 0) is 35.4 Å². The molecule has 0 aliphatic heterocycles. The third-order valence-electron chi connectivity index (χ3n) is 4.13. The van der Waals surface area contributed by atoms with Crippen molar-refractivity contribution in [3.63, 3.8) is 0 Å². The maximum atomic E-state index is 12.1. The molecule has 3 aromatic rings. The van der Waals surface area contributed by atoms with Crippen LogP contribution < -0.4 is 5.32 Å². The average Bonchev–Trinajstić information content (AvgIpc) is 2.67. The molecule has 0 radical (unpaired) electrons. The number of hydrogen-bond donors (Lipinski definition) is 1. The molecule has 0 fully saturated rings. The molecule has 1 N–H and O–H groups in total. The second-order valence-electron chi connectivity index (χ2n) is 6.16. The number of benzene rings is 3. The zero-order chi connectivity index (χ0) is 19.2. The summed E-state index contributed by atoms with van der Waals surface area (Å²) in [5, 5.41) is 4.65. The van der Waals surface area contributed by atoms with Gasteiger partial charge in [-0.2, -0.15) is 0 Å². The number of ether oxygens (including phenoxy) is 1. The van der Waals surface area contributed by atoms with Crippen LogP contribution in [0.2, 0.25) is 0 Å². The number of esters is 1. The van der Waals surface area contributed by atoms with E-state index in [0.29, 0.717) is 11.3 Å². The Morgan fingerprint density at radius 3 is 2.48 bits per heavy atom. The molecular formula is C22H19NO4. The van der Waals surface area contributed by atoms with Crippen LogP contribution in [0.1, 0.15) is 22.8 Å². The molecule has 3 aromatic carbocycles. The first-order chi connectivity index (χ1) is 13.0. The molecule has 5 nitrogen and oxygen atoms in total. The van der Waals surface area contributed by atoms with Gasteiger partial charge in [-0.3, -0.25) is 14.4 Å². The van der Waals surface area contributed by atoms with Gasteiger partial charge in [-0.25, -0.2) is 0 Å². The lowest BCUT2D eigenvalue weighted by Gasteiger charge is -2.09. The summed E-state index contributed by atoms with van der Waals surface area (Å²) in [5.74, 6) is -1.02. The molecule has 27 heavy (non-hydrogen) atoms. The van der Waals surface area contributed by atoms with Gasteiger partial charge in [0.25, 0.3) is 5.91 Å². The Bertz CT molecular complexity index is 1000. The van der Waals surface area contributed by atoms with Gasteiger partial charge in [0.05, 0.1) is 6.42 Å². The molecule has 136 valence electrons. The lowest BCUT2D eigenvalue weighted by molar-refractivity contribution is -0.146. The zero-order valence-electron chi connectivity index (χ0n) is 14.9. The molecule has 5 heteroatoms. The molecule has 0 aliphatic carbocycles. The number of anilines is 1. The molecular weight excluding hydrogens is 342 g/mol. The number of carbonyl (C=O) groups is 3. The first-order valence-corrected chi connectivity index (χ1v) is 8.56. The third kappa shape index (κ3) is 4.79. The number of amides is 1. The Morgan fingerprint density at radius 1 is 0.926 bits per heavy atom. The van der Waals surface area contributed by atoms with Crippen LogP contribution in [0.3, 0.4) is 0 Å². The van der Waals surface area contributed by atoms with Crippen molar-refractivity contribution in [3.8, 4) is 0 Å². The maximum Gasteiger partial charge on any atom is 0.310 e. The van der Waals surface area contributed by atoms with Crippen molar-refractivity contribution >= 4 is 34.1 Å². The summed E-state index contributed by atoms with van der Waals surface area (Å²) in [7, 11) is 0.